The van der Waals surface area contributed by atoms with Crippen LogP contribution in [0.5, 0.6) is 0 Å². The normalized spacial score (nSPS) is 15.3. The molecule has 1 saturated heterocycles. The smallest absolute Gasteiger partial charge is 0.333 e. The number of H-pyrrole nitrogens is 1. The van der Waals surface area contributed by atoms with Crippen LogP contribution in [0.1, 0.15) is 35.6 Å². The van der Waals surface area contributed by atoms with Crippen LogP contribution in [-0.4, -0.2) is 37.8 Å². The summed E-state index contributed by atoms with van der Waals surface area (Å²) in [6, 6.07) is 2.60. The molecule has 0 radical (unpaired) electrons. The van der Waals surface area contributed by atoms with E-state index in [0.717, 1.165) is 25.9 Å². The summed E-state index contributed by atoms with van der Waals surface area (Å²) in [6.07, 6.45) is -7.17. The molecule has 15 heteroatoms. The first-order valence-electron chi connectivity index (χ1n) is 10.5. The van der Waals surface area contributed by atoms with E-state index in [9.17, 15) is 31.1 Å². The van der Waals surface area contributed by atoms with E-state index >= 15 is 0 Å². The van der Waals surface area contributed by atoms with Crippen LogP contribution >= 0.6 is 12.4 Å². The van der Waals surface area contributed by atoms with E-state index in [1.165, 1.54) is 16.8 Å². The molecule has 0 amide bonds. The van der Waals surface area contributed by atoms with Crippen LogP contribution < -0.4 is 10.9 Å². The minimum absolute atomic E-state index is 0. The fraction of sp³-hybridized carbons (Fsp3) is 0.333. The second-order valence-corrected chi connectivity index (χ2v) is 8.08. The first-order valence-corrected chi connectivity index (χ1v) is 10.5. The lowest BCUT2D eigenvalue weighted by Gasteiger charge is -2.23. The standard InChI is InChI=1S/C21H16F6N6O2.ClH/c22-20(23,24)11-1-2-12(14(7-11)21(25,26)27)17-31-19(35-32-17)13-9-29-33-15(8-16(34)30-18(13)33)10-3-5-28-6-4-10;/h1-2,7-10,28H,3-6H2,(H,30,34);1H. The Bertz CT molecular complexity index is 1450. The van der Waals surface area contributed by atoms with Crippen LogP contribution in [0.4, 0.5) is 26.3 Å². The number of hydrogen-bond donors (Lipinski definition) is 2. The third kappa shape index (κ3) is 4.69. The van der Waals surface area contributed by atoms with E-state index in [-0.39, 0.29) is 41.5 Å². The highest BCUT2D eigenvalue weighted by atomic mass is 35.5. The molecule has 0 bridgehead atoms. The highest BCUT2D eigenvalue weighted by Crippen LogP contribution is 2.40. The van der Waals surface area contributed by atoms with Gasteiger partial charge >= 0.3 is 12.4 Å². The molecule has 4 aromatic rings. The molecule has 36 heavy (non-hydrogen) atoms. The average Bonchev–Trinajstić information content (AvgIpc) is 3.44. The summed E-state index contributed by atoms with van der Waals surface area (Å²) in [5, 5.41) is 11.1. The van der Waals surface area contributed by atoms with E-state index < -0.39 is 40.4 Å². The Kier molecular flexibility index (Phi) is 6.60. The fourth-order valence-corrected chi connectivity index (χ4v) is 4.17. The molecule has 0 unspecified atom stereocenters. The van der Waals surface area contributed by atoms with Crippen molar-refractivity contribution in [1.82, 2.24) is 30.1 Å². The molecule has 4 heterocycles. The van der Waals surface area contributed by atoms with Crippen molar-refractivity contribution in [3.05, 3.63) is 57.6 Å². The van der Waals surface area contributed by atoms with Crippen LogP contribution in [0, 0.1) is 0 Å². The van der Waals surface area contributed by atoms with Crippen molar-refractivity contribution in [3.8, 4) is 22.8 Å². The second-order valence-electron chi connectivity index (χ2n) is 8.08. The molecule has 192 valence electrons. The van der Waals surface area contributed by atoms with Gasteiger partial charge in [0.2, 0.25) is 5.82 Å². The molecular weight excluding hydrogens is 518 g/mol. The summed E-state index contributed by atoms with van der Waals surface area (Å²) in [7, 11) is 0. The van der Waals surface area contributed by atoms with Gasteiger partial charge in [0.1, 0.15) is 11.2 Å². The predicted molar refractivity (Wildman–Crippen MR) is 117 cm³/mol. The fourth-order valence-electron chi connectivity index (χ4n) is 4.17. The molecule has 1 aromatic carbocycles. The molecule has 1 aliphatic heterocycles. The number of halogens is 7. The maximum absolute atomic E-state index is 13.5. The van der Waals surface area contributed by atoms with Crippen molar-refractivity contribution in [2.45, 2.75) is 31.1 Å². The maximum Gasteiger partial charge on any atom is 0.417 e. The summed E-state index contributed by atoms with van der Waals surface area (Å²) in [5.41, 5.74) is -3.06. The Morgan fingerprint density at radius 2 is 1.72 bits per heavy atom. The Morgan fingerprint density at radius 3 is 2.39 bits per heavy atom. The molecule has 3 aromatic heterocycles. The van der Waals surface area contributed by atoms with Crippen molar-refractivity contribution in [1.29, 1.82) is 0 Å². The van der Waals surface area contributed by atoms with E-state index in [0.29, 0.717) is 17.8 Å². The molecular formula is C21H17ClF6N6O2. The number of nitrogens with one attached hydrogen (secondary N) is 2. The lowest BCUT2D eigenvalue weighted by molar-refractivity contribution is -0.142. The van der Waals surface area contributed by atoms with E-state index in [4.69, 9.17) is 4.52 Å². The topological polar surface area (TPSA) is 101 Å². The third-order valence-corrected chi connectivity index (χ3v) is 5.84. The van der Waals surface area contributed by atoms with Gasteiger partial charge in [0.25, 0.3) is 11.4 Å². The molecule has 5 rings (SSSR count). The van der Waals surface area contributed by atoms with Gasteiger partial charge in [0.05, 0.1) is 23.0 Å². The number of aromatic nitrogens is 5. The van der Waals surface area contributed by atoms with Crippen LogP contribution in [0.2, 0.25) is 0 Å². The summed E-state index contributed by atoms with van der Waals surface area (Å²) in [5.74, 6) is -0.744. The number of alkyl halides is 6. The highest BCUT2D eigenvalue weighted by Gasteiger charge is 2.39. The van der Waals surface area contributed by atoms with Gasteiger partial charge in [-0.2, -0.15) is 36.4 Å². The van der Waals surface area contributed by atoms with Crippen molar-refractivity contribution in [2.75, 3.05) is 13.1 Å². The zero-order valence-corrected chi connectivity index (χ0v) is 18.9. The summed E-state index contributed by atoms with van der Waals surface area (Å²) < 4.78 is 86.2. The van der Waals surface area contributed by atoms with E-state index in [2.05, 4.69) is 25.5 Å². The molecule has 2 N–H and O–H groups in total. The molecule has 1 fully saturated rings. The number of benzene rings is 1. The average molecular weight is 535 g/mol. The Morgan fingerprint density at radius 1 is 1.00 bits per heavy atom. The van der Waals surface area contributed by atoms with Gasteiger partial charge in [0.15, 0.2) is 0 Å². The van der Waals surface area contributed by atoms with Crippen molar-refractivity contribution in [3.63, 3.8) is 0 Å². The van der Waals surface area contributed by atoms with Crippen molar-refractivity contribution in [2.24, 2.45) is 0 Å². The molecule has 8 nitrogen and oxygen atoms in total. The zero-order valence-electron chi connectivity index (χ0n) is 18.1. The summed E-state index contributed by atoms with van der Waals surface area (Å²) >= 11 is 0. The van der Waals surface area contributed by atoms with Crippen molar-refractivity contribution >= 4 is 18.1 Å². The van der Waals surface area contributed by atoms with Gasteiger partial charge in [-0.1, -0.05) is 5.16 Å². The lowest BCUT2D eigenvalue weighted by atomic mass is 9.94. The minimum atomic E-state index is -5.10. The van der Waals surface area contributed by atoms with Crippen LogP contribution in [0.25, 0.3) is 28.5 Å². The SMILES string of the molecule is Cl.O=c1cc(C2CCNCC2)n2ncc(-c3nc(-c4ccc(C(F)(F)F)cc4C(F)(F)F)no3)c2[nH]1. The van der Waals surface area contributed by atoms with Crippen LogP contribution in [0.15, 0.2) is 39.8 Å². The number of nitrogens with zero attached hydrogens (tertiary/aromatic N) is 4. The van der Waals surface area contributed by atoms with Gasteiger partial charge < -0.3 is 14.8 Å². The lowest BCUT2D eigenvalue weighted by Crippen LogP contribution is -2.28. The molecule has 1 aliphatic rings. The number of fused-ring (bicyclic) bond motifs is 1. The molecule has 0 aliphatic carbocycles. The van der Waals surface area contributed by atoms with E-state index in [1.54, 1.807) is 0 Å². The number of rotatable bonds is 3. The predicted octanol–water partition coefficient (Wildman–Crippen LogP) is 4.67. The van der Waals surface area contributed by atoms with Gasteiger partial charge in [-0.05, 0) is 44.1 Å². The van der Waals surface area contributed by atoms with Gasteiger partial charge in [-0.25, -0.2) is 4.52 Å². The first-order chi connectivity index (χ1) is 16.5. The number of piperidine rings is 1. The Hall–Kier alpha value is -3.39. The third-order valence-electron chi connectivity index (χ3n) is 5.84. The van der Waals surface area contributed by atoms with Gasteiger partial charge in [-0.3, -0.25) is 4.79 Å². The molecule has 0 atom stereocenters. The first kappa shape index (κ1) is 25.7. The summed E-state index contributed by atoms with van der Waals surface area (Å²) in [4.78, 5) is 18.9. The monoisotopic (exact) mass is 534 g/mol. The minimum Gasteiger partial charge on any atom is -0.333 e. The highest BCUT2D eigenvalue weighted by molar-refractivity contribution is 5.85. The Balaban J connectivity index is 0.00000304. The summed E-state index contributed by atoms with van der Waals surface area (Å²) in [6.45, 7) is 1.55. The zero-order chi connectivity index (χ0) is 25.0. The van der Waals surface area contributed by atoms with E-state index in [1.807, 2.05) is 0 Å². The second kappa shape index (κ2) is 9.24. The molecule has 0 saturated carbocycles. The Labute approximate surface area is 204 Å². The van der Waals surface area contributed by atoms with Crippen LogP contribution in [-0.2, 0) is 12.4 Å². The van der Waals surface area contributed by atoms with Gasteiger partial charge in [0, 0.05) is 17.5 Å². The van der Waals surface area contributed by atoms with Crippen molar-refractivity contribution < 1.29 is 30.9 Å². The van der Waals surface area contributed by atoms with Crippen LogP contribution in [0.3, 0.4) is 0 Å². The maximum atomic E-state index is 13.5. The molecule has 0 spiro atoms. The number of aromatic amines is 1. The number of hydrogen-bond acceptors (Lipinski definition) is 6. The largest absolute Gasteiger partial charge is 0.417 e. The quantitative estimate of drug-likeness (QED) is 0.371. The van der Waals surface area contributed by atoms with Gasteiger partial charge in [-0.15, -0.1) is 12.4 Å².